The molecule has 0 aliphatic carbocycles. The molecule has 232 valence electrons. The first-order valence-corrected chi connectivity index (χ1v) is 14.4. The Kier molecular flexibility index (Phi) is 10.7. The standard InChI is InChI=1S/C31H40N4O8/c1-20(32-27(37)18-35-12-14-42-15-13-35)29(39)34-26(17-22-6-10-24(41-3)11-7-22)30(40)33-25(28(38)31(2)19-43-31)16-21-4-8-23(36)9-5-21/h4-11,20,25-26,36H,12-19H2,1-3H3,(H,32,37)(H,33,40)(H,34,39)/t20-,25-,26-,31-/m0/s1. The maximum absolute atomic E-state index is 13.7. The maximum atomic E-state index is 13.7. The van der Waals surface area contributed by atoms with Crippen LogP contribution in [0.4, 0.5) is 0 Å². The summed E-state index contributed by atoms with van der Waals surface area (Å²) in [7, 11) is 1.55. The number of hydrogen-bond acceptors (Lipinski definition) is 9. The first kappa shape index (κ1) is 31.9. The van der Waals surface area contributed by atoms with Crippen LogP contribution in [0.25, 0.3) is 0 Å². The van der Waals surface area contributed by atoms with E-state index in [-0.39, 0.29) is 43.4 Å². The van der Waals surface area contributed by atoms with E-state index in [1.54, 1.807) is 57.4 Å². The Balaban J connectivity index is 1.47. The Morgan fingerprint density at radius 1 is 0.907 bits per heavy atom. The van der Waals surface area contributed by atoms with Crippen LogP contribution in [0.5, 0.6) is 11.5 Å². The molecule has 2 aromatic rings. The monoisotopic (exact) mass is 596 g/mol. The van der Waals surface area contributed by atoms with Gasteiger partial charge >= 0.3 is 0 Å². The zero-order valence-electron chi connectivity index (χ0n) is 24.8. The van der Waals surface area contributed by atoms with Gasteiger partial charge in [-0.2, -0.15) is 0 Å². The van der Waals surface area contributed by atoms with E-state index in [2.05, 4.69) is 16.0 Å². The van der Waals surface area contributed by atoms with Crippen LogP contribution >= 0.6 is 0 Å². The van der Waals surface area contributed by atoms with Gasteiger partial charge in [-0.3, -0.25) is 24.1 Å². The molecule has 0 aromatic heterocycles. The third-order valence-electron chi connectivity index (χ3n) is 7.58. The van der Waals surface area contributed by atoms with Gasteiger partial charge in [-0.1, -0.05) is 24.3 Å². The molecule has 12 heteroatoms. The number of benzene rings is 2. The molecule has 2 fully saturated rings. The Morgan fingerprint density at radius 2 is 1.47 bits per heavy atom. The Labute approximate surface area is 251 Å². The van der Waals surface area contributed by atoms with Crippen molar-refractivity contribution in [1.29, 1.82) is 0 Å². The number of epoxide rings is 1. The van der Waals surface area contributed by atoms with E-state index in [1.165, 1.54) is 12.1 Å². The van der Waals surface area contributed by atoms with Crippen molar-refractivity contribution in [2.45, 2.75) is 50.4 Å². The highest BCUT2D eigenvalue weighted by Crippen LogP contribution is 2.29. The van der Waals surface area contributed by atoms with Gasteiger partial charge < -0.3 is 35.3 Å². The molecule has 2 heterocycles. The minimum Gasteiger partial charge on any atom is -0.508 e. The normalized spacial score (nSPS) is 20.3. The average molecular weight is 597 g/mol. The molecule has 2 aliphatic rings. The number of nitrogens with one attached hydrogen (secondary N) is 3. The van der Waals surface area contributed by atoms with Crippen molar-refractivity contribution in [3.63, 3.8) is 0 Å². The van der Waals surface area contributed by atoms with Crippen LogP contribution in [0.15, 0.2) is 48.5 Å². The lowest BCUT2D eigenvalue weighted by molar-refractivity contribution is -0.134. The number of amides is 3. The Morgan fingerprint density at radius 3 is 2.05 bits per heavy atom. The van der Waals surface area contributed by atoms with Gasteiger partial charge in [0.25, 0.3) is 0 Å². The lowest BCUT2D eigenvalue weighted by atomic mass is 9.94. The summed E-state index contributed by atoms with van der Waals surface area (Å²) < 4.78 is 15.9. The highest BCUT2D eigenvalue weighted by Gasteiger charge is 2.50. The topological polar surface area (TPSA) is 159 Å². The van der Waals surface area contributed by atoms with Gasteiger partial charge in [0, 0.05) is 19.5 Å². The van der Waals surface area contributed by atoms with Crippen molar-refractivity contribution < 1.29 is 38.5 Å². The number of methoxy groups -OCH3 is 1. The van der Waals surface area contributed by atoms with Crippen molar-refractivity contribution in [3.05, 3.63) is 59.7 Å². The molecular formula is C31H40N4O8. The van der Waals surface area contributed by atoms with Crippen LogP contribution in [0, 0.1) is 0 Å². The van der Waals surface area contributed by atoms with E-state index >= 15 is 0 Å². The molecule has 4 rings (SSSR count). The highest BCUT2D eigenvalue weighted by molar-refractivity contribution is 5.98. The number of ether oxygens (including phenoxy) is 3. The van der Waals surface area contributed by atoms with Crippen LogP contribution in [-0.2, 0) is 41.5 Å². The van der Waals surface area contributed by atoms with Gasteiger partial charge in [-0.05, 0) is 55.7 Å². The summed E-state index contributed by atoms with van der Waals surface area (Å²) in [4.78, 5) is 54.8. The lowest BCUT2D eigenvalue weighted by Gasteiger charge is -2.27. The summed E-state index contributed by atoms with van der Waals surface area (Å²) in [5, 5.41) is 18.0. The molecule has 4 N–H and O–H groups in total. The van der Waals surface area contributed by atoms with Crippen LogP contribution in [0.3, 0.4) is 0 Å². The molecule has 12 nitrogen and oxygen atoms in total. The predicted octanol–water partition coefficient (Wildman–Crippen LogP) is 0.351. The number of aromatic hydroxyl groups is 1. The first-order valence-electron chi connectivity index (χ1n) is 14.4. The molecule has 0 bridgehead atoms. The molecule has 3 amide bonds. The molecule has 4 atom stereocenters. The number of nitrogens with zero attached hydrogens (tertiary/aromatic N) is 1. The van der Waals surface area contributed by atoms with Crippen molar-refractivity contribution in [1.82, 2.24) is 20.9 Å². The van der Waals surface area contributed by atoms with Gasteiger partial charge in [0.15, 0.2) is 5.78 Å². The number of rotatable bonds is 14. The number of phenolic OH excluding ortho intramolecular Hbond substituents is 1. The van der Waals surface area contributed by atoms with Crippen LogP contribution in [0.1, 0.15) is 25.0 Å². The van der Waals surface area contributed by atoms with Crippen molar-refractivity contribution in [2.24, 2.45) is 0 Å². The number of ketones is 1. The summed E-state index contributed by atoms with van der Waals surface area (Å²) >= 11 is 0. The second-order valence-electron chi connectivity index (χ2n) is 11.1. The highest BCUT2D eigenvalue weighted by atomic mass is 16.6. The van der Waals surface area contributed by atoms with Gasteiger partial charge in [-0.25, -0.2) is 0 Å². The average Bonchev–Trinajstić information content (AvgIpc) is 3.76. The van der Waals surface area contributed by atoms with Gasteiger partial charge in [-0.15, -0.1) is 0 Å². The number of carbonyl (C=O) groups is 4. The quantitative estimate of drug-likeness (QED) is 0.226. The number of hydrogen-bond donors (Lipinski definition) is 4. The van der Waals surface area contributed by atoms with Gasteiger partial charge in [0.2, 0.25) is 17.7 Å². The fourth-order valence-corrected chi connectivity index (χ4v) is 4.79. The summed E-state index contributed by atoms with van der Waals surface area (Å²) in [5.74, 6) is -0.963. The van der Waals surface area contributed by atoms with E-state index in [9.17, 15) is 24.3 Å². The minimum atomic E-state index is -1.05. The summed E-state index contributed by atoms with van der Waals surface area (Å²) in [6, 6.07) is 10.6. The van der Waals surface area contributed by atoms with E-state index in [0.29, 0.717) is 32.1 Å². The second-order valence-corrected chi connectivity index (χ2v) is 11.1. The molecule has 2 aliphatic heterocycles. The van der Waals surface area contributed by atoms with Gasteiger partial charge in [0.1, 0.15) is 29.2 Å². The van der Waals surface area contributed by atoms with Crippen molar-refractivity contribution in [2.75, 3.05) is 46.6 Å². The Bertz CT molecular complexity index is 1270. The molecule has 0 radical (unpaired) electrons. The van der Waals surface area contributed by atoms with E-state index in [4.69, 9.17) is 14.2 Å². The smallest absolute Gasteiger partial charge is 0.243 e. The van der Waals surface area contributed by atoms with Crippen molar-refractivity contribution >= 4 is 23.5 Å². The largest absolute Gasteiger partial charge is 0.508 e. The van der Waals surface area contributed by atoms with Crippen LogP contribution in [-0.4, -0.2) is 104 Å². The summed E-state index contributed by atoms with van der Waals surface area (Å²) in [6.07, 6.45) is 0.297. The van der Waals surface area contributed by atoms with Crippen molar-refractivity contribution in [3.8, 4) is 11.5 Å². The second kappa shape index (κ2) is 14.5. The molecule has 43 heavy (non-hydrogen) atoms. The number of morpholine rings is 1. The SMILES string of the molecule is COc1ccc(C[C@H](NC(=O)[C@H](C)NC(=O)CN2CCOCC2)C(=O)N[C@@H](Cc2ccc(O)cc2)C(=O)[C@]2(C)CO2)cc1. The number of phenols is 1. The molecular weight excluding hydrogens is 556 g/mol. The molecule has 2 aromatic carbocycles. The van der Waals surface area contributed by atoms with Crippen LogP contribution < -0.4 is 20.7 Å². The van der Waals surface area contributed by atoms with E-state index < -0.39 is 35.5 Å². The minimum absolute atomic E-state index is 0.0848. The molecule has 0 saturated carbocycles. The third kappa shape index (κ3) is 9.24. The molecule has 2 saturated heterocycles. The summed E-state index contributed by atoms with van der Waals surface area (Å²) in [5.41, 5.74) is 0.486. The zero-order chi connectivity index (χ0) is 31.0. The van der Waals surface area contributed by atoms with E-state index in [1.807, 2.05) is 4.90 Å². The zero-order valence-corrected chi connectivity index (χ0v) is 24.8. The third-order valence-corrected chi connectivity index (χ3v) is 7.58. The molecule has 0 unspecified atom stereocenters. The summed E-state index contributed by atoms with van der Waals surface area (Å²) in [6.45, 7) is 5.97. The fourth-order valence-electron chi connectivity index (χ4n) is 4.79. The van der Waals surface area contributed by atoms with E-state index in [0.717, 1.165) is 11.1 Å². The van der Waals surface area contributed by atoms with Crippen LogP contribution in [0.2, 0.25) is 0 Å². The molecule has 0 spiro atoms. The number of carbonyl (C=O) groups excluding carboxylic acids is 4. The first-order chi connectivity index (χ1) is 20.6. The number of Topliss-reactive ketones (excluding diaryl/α,β-unsaturated/α-hetero) is 1. The fraction of sp³-hybridized carbons (Fsp3) is 0.484. The maximum Gasteiger partial charge on any atom is 0.243 e. The van der Waals surface area contributed by atoms with Gasteiger partial charge in [0.05, 0.1) is 39.5 Å². The lowest BCUT2D eigenvalue weighted by Crippen LogP contribution is -2.57. The predicted molar refractivity (Wildman–Crippen MR) is 157 cm³/mol. The Hall–Kier alpha value is -4.00.